The average Bonchev–Trinajstić information content (AvgIpc) is 2.61. The van der Waals surface area contributed by atoms with Crippen LogP contribution in [0.4, 0.5) is 11.4 Å². The minimum Gasteiger partial charge on any atom is -0.322 e. The summed E-state index contributed by atoms with van der Waals surface area (Å²) in [5, 5.41) is 4.58. The molecule has 3 aromatic rings. The zero-order chi connectivity index (χ0) is 18.7. The number of nitrogens with one attached hydrogen (secondary N) is 2. The van der Waals surface area contributed by atoms with Crippen LogP contribution < -0.4 is 10.0 Å². The summed E-state index contributed by atoms with van der Waals surface area (Å²) in [5.74, 6) is -0.359. The number of amides is 1. The van der Waals surface area contributed by atoms with Crippen LogP contribution in [0.15, 0.2) is 83.8 Å². The molecule has 0 unspecified atom stereocenters. The fourth-order valence-electron chi connectivity index (χ4n) is 2.45. The maximum absolute atomic E-state index is 12.7. The molecule has 0 saturated carbocycles. The molecule has 0 fully saturated rings. The number of hydrogen-bond donors (Lipinski definition) is 2. The van der Waals surface area contributed by atoms with Gasteiger partial charge in [0.25, 0.3) is 15.9 Å². The van der Waals surface area contributed by atoms with Crippen molar-refractivity contribution in [1.82, 2.24) is 0 Å². The maximum Gasteiger partial charge on any atom is 0.261 e. The van der Waals surface area contributed by atoms with Crippen molar-refractivity contribution >= 4 is 38.1 Å². The van der Waals surface area contributed by atoms with E-state index >= 15 is 0 Å². The molecule has 5 nitrogen and oxygen atoms in total. The number of fused-ring (bicyclic) bond motifs is 1. The van der Waals surface area contributed by atoms with E-state index in [1.165, 1.54) is 12.1 Å². The van der Waals surface area contributed by atoms with Crippen molar-refractivity contribution < 1.29 is 13.2 Å². The molecule has 0 radical (unpaired) electrons. The second-order valence-electron chi connectivity index (χ2n) is 5.93. The van der Waals surface area contributed by atoms with E-state index < -0.39 is 10.0 Å². The summed E-state index contributed by atoms with van der Waals surface area (Å²) in [6.45, 7) is 5.14. The van der Waals surface area contributed by atoms with Gasteiger partial charge in [-0.2, -0.15) is 0 Å². The third kappa shape index (κ3) is 3.92. The molecule has 6 heteroatoms. The number of anilines is 2. The Hall–Kier alpha value is -3.12. The smallest absolute Gasteiger partial charge is 0.261 e. The average molecular weight is 366 g/mol. The summed E-state index contributed by atoms with van der Waals surface area (Å²) in [5.41, 5.74) is 1.20. The zero-order valence-corrected chi connectivity index (χ0v) is 15.0. The van der Waals surface area contributed by atoms with Crippen molar-refractivity contribution in [3.63, 3.8) is 0 Å². The van der Waals surface area contributed by atoms with E-state index in [-0.39, 0.29) is 10.8 Å². The summed E-state index contributed by atoms with van der Waals surface area (Å²) in [6, 6.07) is 19.1. The monoisotopic (exact) mass is 366 g/mol. The van der Waals surface area contributed by atoms with Crippen LogP contribution >= 0.6 is 0 Å². The number of hydrogen-bond acceptors (Lipinski definition) is 3. The van der Waals surface area contributed by atoms with Crippen LogP contribution in [0.2, 0.25) is 0 Å². The maximum atomic E-state index is 12.7. The SMILES string of the molecule is C=C(C)C(=O)Nc1cccc(S(=O)(=O)Nc2ccc3ccccc3c2)c1. The lowest BCUT2D eigenvalue weighted by Gasteiger charge is -2.11. The second kappa shape index (κ2) is 7.01. The van der Waals surface area contributed by atoms with Crippen LogP contribution in [0, 0.1) is 0 Å². The minimum atomic E-state index is -3.78. The Morgan fingerprint density at radius 3 is 2.35 bits per heavy atom. The van der Waals surface area contributed by atoms with Crippen molar-refractivity contribution in [2.24, 2.45) is 0 Å². The number of benzene rings is 3. The predicted molar refractivity (Wildman–Crippen MR) is 105 cm³/mol. The molecule has 0 atom stereocenters. The zero-order valence-electron chi connectivity index (χ0n) is 14.2. The van der Waals surface area contributed by atoms with Crippen molar-refractivity contribution in [3.05, 3.63) is 78.9 Å². The molecule has 0 aromatic heterocycles. The largest absolute Gasteiger partial charge is 0.322 e. The highest BCUT2D eigenvalue weighted by Crippen LogP contribution is 2.23. The molecule has 0 aliphatic carbocycles. The van der Waals surface area contributed by atoms with Gasteiger partial charge in [-0.05, 0) is 48.0 Å². The van der Waals surface area contributed by atoms with Crippen molar-refractivity contribution in [1.29, 1.82) is 0 Å². The molecule has 132 valence electrons. The highest BCUT2D eigenvalue weighted by atomic mass is 32.2. The van der Waals surface area contributed by atoms with Gasteiger partial charge >= 0.3 is 0 Å². The second-order valence-corrected chi connectivity index (χ2v) is 7.61. The first-order valence-electron chi connectivity index (χ1n) is 7.94. The topological polar surface area (TPSA) is 75.3 Å². The summed E-state index contributed by atoms with van der Waals surface area (Å²) in [7, 11) is -3.78. The minimum absolute atomic E-state index is 0.0603. The molecular formula is C20H18N2O3S. The van der Waals surface area contributed by atoms with Crippen LogP contribution in [-0.4, -0.2) is 14.3 Å². The van der Waals surface area contributed by atoms with Crippen LogP contribution in [0.1, 0.15) is 6.92 Å². The van der Waals surface area contributed by atoms with Gasteiger partial charge in [-0.1, -0.05) is 43.0 Å². The van der Waals surface area contributed by atoms with E-state index in [4.69, 9.17) is 0 Å². The Kier molecular flexibility index (Phi) is 4.77. The molecular weight excluding hydrogens is 348 g/mol. The number of carbonyl (C=O) groups is 1. The molecule has 0 spiro atoms. The van der Waals surface area contributed by atoms with Gasteiger partial charge in [-0.15, -0.1) is 0 Å². The first kappa shape index (κ1) is 17.7. The number of rotatable bonds is 5. The Labute approximate surface area is 152 Å². The first-order chi connectivity index (χ1) is 12.3. The van der Waals surface area contributed by atoms with E-state index in [2.05, 4.69) is 16.6 Å². The third-order valence-corrected chi connectivity index (χ3v) is 5.17. The Morgan fingerprint density at radius 1 is 0.885 bits per heavy atom. The van der Waals surface area contributed by atoms with Crippen molar-refractivity contribution in [3.8, 4) is 0 Å². The summed E-state index contributed by atoms with van der Waals surface area (Å²) >= 11 is 0. The lowest BCUT2D eigenvalue weighted by atomic mass is 10.1. The van der Waals surface area contributed by atoms with Crippen molar-refractivity contribution in [2.45, 2.75) is 11.8 Å². The highest BCUT2D eigenvalue weighted by Gasteiger charge is 2.15. The summed E-state index contributed by atoms with van der Waals surface area (Å²) < 4.78 is 27.9. The fourth-order valence-corrected chi connectivity index (χ4v) is 3.54. The van der Waals surface area contributed by atoms with Gasteiger partial charge in [0.1, 0.15) is 0 Å². The molecule has 2 N–H and O–H groups in total. The fraction of sp³-hybridized carbons (Fsp3) is 0.0500. The van der Waals surface area contributed by atoms with Gasteiger partial charge in [0.15, 0.2) is 0 Å². The Morgan fingerprint density at radius 2 is 1.62 bits per heavy atom. The lowest BCUT2D eigenvalue weighted by molar-refractivity contribution is -0.112. The van der Waals surface area contributed by atoms with Gasteiger partial charge in [0, 0.05) is 16.9 Å². The molecule has 0 aliphatic heterocycles. The van der Waals surface area contributed by atoms with Crippen LogP contribution in [-0.2, 0) is 14.8 Å². The molecule has 0 aliphatic rings. The molecule has 0 bridgehead atoms. The first-order valence-corrected chi connectivity index (χ1v) is 9.42. The summed E-state index contributed by atoms with van der Waals surface area (Å²) in [6.07, 6.45) is 0. The Bertz CT molecular complexity index is 1100. The van der Waals surface area contributed by atoms with Gasteiger partial charge in [0.05, 0.1) is 4.90 Å². The molecule has 1 amide bonds. The van der Waals surface area contributed by atoms with E-state index in [1.54, 1.807) is 31.2 Å². The number of sulfonamides is 1. The highest BCUT2D eigenvalue weighted by molar-refractivity contribution is 7.92. The normalized spacial score (nSPS) is 11.1. The van der Waals surface area contributed by atoms with Crippen LogP contribution in [0.5, 0.6) is 0 Å². The molecule has 3 aromatic carbocycles. The van der Waals surface area contributed by atoms with Crippen molar-refractivity contribution in [2.75, 3.05) is 10.0 Å². The molecule has 3 rings (SSSR count). The van der Waals surface area contributed by atoms with E-state index in [0.29, 0.717) is 16.9 Å². The lowest BCUT2D eigenvalue weighted by Crippen LogP contribution is -2.15. The van der Waals surface area contributed by atoms with E-state index in [1.807, 2.05) is 30.3 Å². The number of carbonyl (C=O) groups excluding carboxylic acids is 1. The van der Waals surface area contributed by atoms with Gasteiger partial charge in [0.2, 0.25) is 0 Å². The standard InChI is InChI=1S/C20H18N2O3S/c1-14(2)20(23)21-17-8-5-9-19(13-17)26(24,25)22-18-11-10-15-6-3-4-7-16(15)12-18/h3-13,22H,1H2,2H3,(H,21,23). The molecule has 0 heterocycles. The van der Waals surface area contributed by atoms with Crippen LogP contribution in [0.3, 0.4) is 0 Å². The predicted octanol–water partition coefficient (Wildman–Crippen LogP) is 4.16. The molecule has 0 saturated heterocycles. The van der Waals surface area contributed by atoms with Gasteiger partial charge in [-0.25, -0.2) is 8.42 Å². The van der Waals surface area contributed by atoms with Gasteiger partial charge < -0.3 is 5.32 Å². The third-order valence-electron chi connectivity index (χ3n) is 3.79. The van der Waals surface area contributed by atoms with E-state index in [0.717, 1.165) is 10.8 Å². The van der Waals surface area contributed by atoms with Crippen LogP contribution in [0.25, 0.3) is 10.8 Å². The Balaban J connectivity index is 1.87. The quantitative estimate of drug-likeness (QED) is 0.666. The molecule has 26 heavy (non-hydrogen) atoms. The summed E-state index contributed by atoms with van der Waals surface area (Å²) in [4.78, 5) is 11.8. The van der Waals surface area contributed by atoms with E-state index in [9.17, 15) is 13.2 Å². The van der Waals surface area contributed by atoms with Gasteiger partial charge in [-0.3, -0.25) is 9.52 Å².